The Morgan fingerprint density at radius 2 is 2.08 bits per heavy atom. The summed E-state index contributed by atoms with van der Waals surface area (Å²) < 4.78 is 18.6. The number of halogens is 1. The molecule has 1 aliphatic rings. The summed E-state index contributed by atoms with van der Waals surface area (Å²) in [7, 11) is 0. The smallest absolute Gasteiger partial charge is 0.330 e. The van der Waals surface area contributed by atoms with Gasteiger partial charge in [0.05, 0.1) is 0 Å². The Bertz CT molecular complexity index is 584. The van der Waals surface area contributed by atoms with Gasteiger partial charge in [0, 0.05) is 19.6 Å². The van der Waals surface area contributed by atoms with E-state index < -0.39 is 17.8 Å². The Balaban J connectivity index is 1.86. The SMILES string of the molecule is Cc1cc(C(NC(=O)CCCC2CCOCC2)C(=O)O)ccc1F. The number of ether oxygens (including phenoxy) is 1. The first-order valence-corrected chi connectivity index (χ1v) is 8.33. The molecule has 1 atom stereocenters. The van der Waals surface area contributed by atoms with E-state index in [0.717, 1.165) is 38.9 Å². The molecule has 1 amide bonds. The van der Waals surface area contributed by atoms with Crippen molar-refractivity contribution >= 4 is 11.9 Å². The number of carboxylic acids is 1. The number of rotatable bonds is 7. The lowest BCUT2D eigenvalue weighted by atomic mass is 9.94. The summed E-state index contributed by atoms with van der Waals surface area (Å²) in [5, 5.41) is 11.9. The molecular weight excluding hydrogens is 313 g/mol. The number of aliphatic carboxylic acids is 1. The monoisotopic (exact) mass is 337 g/mol. The lowest BCUT2D eigenvalue weighted by molar-refractivity contribution is -0.142. The van der Waals surface area contributed by atoms with Gasteiger partial charge in [-0.1, -0.05) is 12.1 Å². The molecule has 0 aromatic heterocycles. The molecule has 1 heterocycles. The molecule has 0 radical (unpaired) electrons. The first kappa shape index (κ1) is 18.4. The summed E-state index contributed by atoms with van der Waals surface area (Å²) in [5.41, 5.74) is 0.728. The van der Waals surface area contributed by atoms with Crippen LogP contribution < -0.4 is 5.32 Å². The summed E-state index contributed by atoms with van der Waals surface area (Å²) in [6, 6.07) is 2.91. The van der Waals surface area contributed by atoms with Crippen LogP contribution in [-0.4, -0.2) is 30.2 Å². The summed E-state index contributed by atoms with van der Waals surface area (Å²) >= 11 is 0. The summed E-state index contributed by atoms with van der Waals surface area (Å²) in [6.45, 7) is 3.12. The molecule has 132 valence electrons. The number of hydrogen-bond acceptors (Lipinski definition) is 3. The van der Waals surface area contributed by atoms with Crippen LogP contribution in [-0.2, 0) is 14.3 Å². The van der Waals surface area contributed by atoms with E-state index in [9.17, 15) is 19.1 Å². The third-order valence-electron chi connectivity index (χ3n) is 4.42. The van der Waals surface area contributed by atoms with Crippen molar-refractivity contribution in [2.45, 2.75) is 45.1 Å². The molecule has 1 unspecified atom stereocenters. The fourth-order valence-corrected chi connectivity index (χ4v) is 2.95. The van der Waals surface area contributed by atoms with Crippen molar-refractivity contribution in [1.82, 2.24) is 5.32 Å². The van der Waals surface area contributed by atoms with Gasteiger partial charge in [0.25, 0.3) is 0 Å². The number of hydrogen-bond donors (Lipinski definition) is 2. The van der Waals surface area contributed by atoms with Crippen molar-refractivity contribution in [3.63, 3.8) is 0 Å². The summed E-state index contributed by atoms with van der Waals surface area (Å²) in [5.74, 6) is -1.26. The van der Waals surface area contributed by atoms with Crippen LogP contribution in [0, 0.1) is 18.7 Å². The van der Waals surface area contributed by atoms with Crippen LogP contribution >= 0.6 is 0 Å². The van der Waals surface area contributed by atoms with Crippen LogP contribution in [0.1, 0.15) is 49.3 Å². The van der Waals surface area contributed by atoms with Gasteiger partial charge in [0.1, 0.15) is 5.82 Å². The Hall–Kier alpha value is -1.95. The normalized spacial score (nSPS) is 16.6. The van der Waals surface area contributed by atoms with Gasteiger partial charge in [-0.15, -0.1) is 0 Å². The highest BCUT2D eigenvalue weighted by Crippen LogP contribution is 2.21. The lowest BCUT2D eigenvalue weighted by Crippen LogP contribution is -2.33. The van der Waals surface area contributed by atoms with Crippen LogP contribution in [0.5, 0.6) is 0 Å². The second kappa shape index (κ2) is 8.78. The van der Waals surface area contributed by atoms with Gasteiger partial charge >= 0.3 is 5.97 Å². The Morgan fingerprint density at radius 3 is 2.71 bits per heavy atom. The number of aryl methyl sites for hydroxylation is 1. The standard InChI is InChI=1S/C18H24FNO4/c1-12-11-14(5-6-15(12)19)17(18(22)23)20-16(21)4-2-3-13-7-9-24-10-8-13/h5-6,11,13,17H,2-4,7-10H2,1H3,(H,20,21)(H,22,23). The minimum Gasteiger partial charge on any atom is -0.479 e. The minimum absolute atomic E-state index is 0.293. The first-order chi connectivity index (χ1) is 11.5. The zero-order valence-corrected chi connectivity index (χ0v) is 13.9. The summed E-state index contributed by atoms with van der Waals surface area (Å²) in [4.78, 5) is 23.5. The van der Waals surface area contributed by atoms with Gasteiger partial charge in [-0.05, 0) is 55.7 Å². The predicted octanol–water partition coefficient (Wildman–Crippen LogP) is 2.97. The van der Waals surface area contributed by atoms with E-state index in [-0.39, 0.29) is 5.91 Å². The molecule has 24 heavy (non-hydrogen) atoms. The highest BCUT2D eigenvalue weighted by molar-refractivity contribution is 5.84. The topological polar surface area (TPSA) is 75.6 Å². The maximum absolute atomic E-state index is 13.3. The lowest BCUT2D eigenvalue weighted by Gasteiger charge is -2.21. The van der Waals surface area contributed by atoms with Gasteiger partial charge in [0.2, 0.25) is 5.91 Å². The third kappa shape index (κ3) is 5.30. The molecule has 0 bridgehead atoms. The molecular formula is C18H24FNO4. The van der Waals surface area contributed by atoms with Crippen molar-refractivity contribution < 1.29 is 23.8 Å². The second-order valence-electron chi connectivity index (χ2n) is 6.30. The molecule has 1 aromatic carbocycles. The second-order valence-corrected chi connectivity index (χ2v) is 6.30. The average Bonchev–Trinajstić information content (AvgIpc) is 2.56. The zero-order valence-electron chi connectivity index (χ0n) is 13.9. The zero-order chi connectivity index (χ0) is 17.5. The summed E-state index contributed by atoms with van der Waals surface area (Å²) in [6.07, 6.45) is 4.01. The quantitative estimate of drug-likeness (QED) is 0.802. The van der Waals surface area contributed by atoms with Crippen LogP contribution in [0.3, 0.4) is 0 Å². The number of carboxylic acid groups (broad SMARTS) is 1. The highest BCUT2D eigenvalue weighted by atomic mass is 19.1. The van der Waals surface area contributed by atoms with E-state index in [1.807, 2.05) is 0 Å². The molecule has 6 heteroatoms. The predicted molar refractivity (Wildman–Crippen MR) is 87.1 cm³/mol. The highest BCUT2D eigenvalue weighted by Gasteiger charge is 2.23. The van der Waals surface area contributed by atoms with E-state index in [1.165, 1.54) is 18.2 Å². The Kier molecular flexibility index (Phi) is 6.73. The van der Waals surface area contributed by atoms with E-state index in [4.69, 9.17) is 4.74 Å². The molecule has 0 spiro atoms. The molecule has 1 fully saturated rings. The maximum Gasteiger partial charge on any atom is 0.330 e. The number of carbonyl (C=O) groups is 2. The third-order valence-corrected chi connectivity index (χ3v) is 4.42. The van der Waals surface area contributed by atoms with Crippen LogP contribution in [0.2, 0.25) is 0 Å². The van der Waals surface area contributed by atoms with Crippen LogP contribution in [0.25, 0.3) is 0 Å². The molecule has 2 N–H and O–H groups in total. The van der Waals surface area contributed by atoms with E-state index in [0.29, 0.717) is 23.5 Å². The number of nitrogens with one attached hydrogen (secondary N) is 1. The fourth-order valence-electron chi connectivity index (χ4n) is 2.95. The van der Waals surface area contributed by atoms with Gasteiger partial charge in [0.15, 0.2) is 6.04 Å². The number of amides is 1. The molecule has 1 saturated heterocycles. The van der Waals surface area contributed by atoms with Gasteiger partial charge in [-0.2, -0.15) is 0 Å². The van der Waals surface area contributed by atoms with Gasteiger partial charge in [-0.3, -0.25) is 4.79 Å². The maximum atomic E-state index is 13.3. The van der Waals surface area contributed by atoms with Crippen molar-refractivity contribution in [3.8, 4) is 0 Å². The molecule has 5 nitrogen and oxygen atoms in total. The van der Waals surface area contributed by atoms with Crippen molar-refractivity contribution in [2.75, 3.05) is 13.2 Å². The van der Waals surface area contributed by atoms with E-state index in [1.54, 1.807) is 6.92 Å². The Morgan fingerprint density at radius 1 is 1.38 bits per heavy atom. The molecule has 2 rings (SSSR count). The first-order valence-electron chi connectivity index (χ1n) is 8.33. The van der Waals surface area contributed by atoms with Crippen molar-refractivity contribution in [3.05, 3.63) is 35.1 Å². The molecule has 1 aromatic rings. The van der Waals surface area contributed by atoms with Crippen LogP contribution in [0.15, 0.2) is 18.2 Å². The van der Waals surface area contributed by atoms with Crippen molar-refractivity contribution in [1.29, 1.82) is 0 Å². The number of benzene rings is 1. The average molecular weight is 337 g/mol. The fraction of sp³-hybridized carbons (Fsp3) is 0.556. The minimum atomic E-state index is -1.15. The Labute approximate surface area is 141 Å². The number of carbonyl (C=O) groups excluding carboxylic acids is 1. The molecule has 0 saturated carbocycles. The largest absolute Gasteiger partial charge is 0.479 e. The van der Waals surface area contributed by atoms with Crippen LogP contribution in [0.4, 0.5) is 4.39 Å². The van der Waals surface area contributed by atoms with E-state index in [2.05, 4.69) is 5.32 Å². The van der Waals surface area contributed by atoms with E-state index >= 15 is 0 Å². The van der Waals surface area contributed by atoms with Gasteiger partial charge in [-0.25, -0.2) is 9.18 Å². The molecule has 0 aliphatic carbocycles. The van der Waals surface area contributed by atoms with Crippen molar-refractivity contribution in [2.24, 2.45) is 5.92 Å². The molecule has 1 aliphatic heterocycles. The van der Waals surface area contributed by atoms with Gasteiger partial charge < -0.3 is 15.2 Å².